The van der Waals surface area contributed by atoms with Gasteiger partial charge < -0.3 is 10.4 Å². The van der Waals surface area contributed by atoms with Crippen molar-refractivity contribution in [2.75, 3.05) is 13.2 Å². The highest BCUT2D eigenvalue weighted by molar-refractivity contribution is 5.22. The van der Waals surface area contributed by atoms with E-state index in [1.807, 2.05) is 0 Å². The zero-order chi connectivity index (χ0) is 14.6. The second-order valence-electron chi connectivity index (χ2n) is 5.96. The first-order valence-electron chi connectivity index (χ1n) is 7.36. The van der Waals surface area contributed by atoms with Gasteiger partial charge in [-0.2, -0.15) is 0 Å². The van der Waals surface area contributed by atoms with Gasteiger partial charge in [0.05, 0.1) is 0 Å². The Morgan fingerprint density at radius 1 is 1.20 bits per heavy atom. The normalized spacial score (nSPS) is 19.8. The van der Waals surface area contributed by atoms with E-state index in [0.717, 1.165) is 25.7 Å². The SMILES string of the molecule is CC(NCC1(CO)CCCCC1)c1c(F)cccc1F. The Labute approximate surface area is 119 Å². The zero-order valence-corrected chi connectivity index (χ0v) is 12.0. The van der Waals surface area contributed by atoms with Crippen LogP contribution in [-0.2, 0) is 0 Å². The molecule has 1 aromatic rings. The Bertz CT molecular complexity index is 424. The smallest absolute Gasteiger partial charge is 0.130 e. The Hall–Kier alpha value is -1.00. The second kappa shape index (κ2) is 6.64. The van der Waals surface area contributed by atoms with Crippen molar-refractivity contribution in [3.05, 3.63) is 35.4 Å². The van der Waals surface area contributed by atoms with Gasteiger partial charge in [0.2, 0.25) is 0 Å². The number of nitrogens with one attached hydrogen (secondary N) is 1. The van der Waals surface area contributed by atoms with Crippen molar-refractivity contribution < 1.29 is 13.9 Å². The third-order valence-corrected chi connectivity index (χ3v) is 4.47. The molecule has 2 nitrogen and oxygen atoms in total. The second-order valence-corrected chi connectivity index (χ2v) is 5.96. The molecule has 0 saturated heterocycles. The summed E-state index contributed by atoms with van der Waals surface area (Å²) in [5.41, 5.74) is -0.0507. The minimum Gasteiger partial charge on any atom is -0.396 e. The van der Waals surface area contributed by atoms with Crippen molar-refractivity contribution in [3.63, 3.8) is 0 Å². The maximum absolute atomic E-state index is 13.7. The predicted molar refractivity (Wildman–Crippen MR) is 75.4 cm³/mol. The van der Waals surface area contributed by atoms with Crippen LogP contribution in [0.3, 0.4) is 0 Å². The average molecular weight is 283 g/mol. The van der Waals surface area contributed by atoms with Gasteiger partial charge in [-0.3, -0.25) is 0 Å². The quantitative estimate of drug-likeness (QED) is 0.866. The van der Waals surface area contributed by atoms with Crippen molar-refractivity contribution in [2.45, 2.75) is 45.1 Å². The van der Waals surface area contributed by atoms with Gasteiger partial charge in [0.25, 0.3) is 0 Å². The van der Waals surface area contributed by atoms with Gasteiger partial charge in [-0.25, -0.2) is 8.78 Å². The first kappa shape index (κ1) is 15.4. The molecule has 1 aliphatic carbocycles. The van der Waals surface area contributed by atoms with Crippen molar-refractivity contribution in [1.29, 1.82) is 0 Å². The fraction of sp³-hybridized carbons (Fsp3) is 0.625. The fourth-order valence-corrected chi connectivity index (χ4v) is 3.09. The van der Waals surface area contributed by atoms with Crippen LogP contribution < -0.4 is 5.32 Å². The molecule has 4 heteroatoms. The lowest BCUT2D eigenvalue weighted by atomic mass is 9.74. The number of aliphatic hydroxyl groups excluding tert-OH is 1. The van der Waals surface area contributed by atoms with E-state index in [2.05, 4.69) is 5.32 Å². The summed E-state index contributed by atoms with van der Waals surface area (Å²) in [7, 11) is 0. The van der Waals surface area contributed by atoms with Crippen LogP contribution in [0, 0.1) is 17.0 Å². The molecule has 0 radical (unpaired) electrons. The van der Waals surface area contributed by atoms with Crippen LogP contribution >= 0.6 is 0 Å². The van der Waals surface area contributed by atoms with Crippen molar-refractivity contribution >= 4 is 0 Å². The standard InChI is InChI=1S/C16H23F2NO/c1-12(15-13(17)6-5-7-14(15)18)19-10-16(11-20)8-3-2-4-9-16/h5-7,12,19-20H,2-4,8-11H2,1H3. The van der Waals surface area contributed by atoms with Gasteiger partial charge in [0, 0.05) is 30.2 Å². The van der Waals surface area contributed by atoms with Crippen molar-refractivity contribution in [2.24, 2.45) is 5.41 Å². The molecule has 0 heterocycles. The lowest BCUT2D eigenvalue weighted by Crippen LogP contribution is -2.40. The zero-order valence-electron chi connectivity index (χ0n) is 12.0. The first-order valence-corrected chi connectivity index (χ1v) is 7.36. The van der Waals surface area contributed by atoms with Crippen molar-refractivity contribution in [1.82, 2.24) is 5.32 Å². The number of aliphatic hydroxyl groups is 1. The molecule has 1 aromatic carbocycles. The molecular formula is C16H23F2NO. The lowest BCUT2D eigenvalue weighted by molar-refractivity contribution is 0.0786. The van der Waals surface area contributed by atoms with Gasteiger partial charge in [0.1, 0.15) is 11.6 Å². The molecule has 0 bridgehead atoms. The summed E-state index contributed by atoms with van der Waals surface area (Å²) in [6, 6.07) is 3.52. The molecule has 1 saturated carbocycles. The summed E-state index contributed by atoms with van der Waals surface area (Å²) in [6.45, 7) is 2.49. The highest BCUT2D eigenvalue weighted by Crippen LogP contribution is 2.35. The van der Waals surface area contributed by atoms with E-state index in [-0.39, 0.29) is 17.6 Å². The molecule has 1 unspecified atom stereocenters. The summed E-state index contributed by atoms with van der Waals surface area (Å²) in [5.74, 6) is -1.04. The third-order valence-electron chi connectivity index (χ3n) is 4.47. The van der Waals surface area contributed by atoms with E-state index in [1.165, 1.54) is 24.6 Å². The summed E-state index contributed by atoms with van der Waals surface area (Å²) in [5, 5.41) is 12.8. The lowest BCUT2D eigenvalue weighted by Gasteiger charge is -2.36. The number of hydrogen-bond donors (Lipinski definition) is 2. The van der Waals surface area contributed by atoms with Crippen LogP contribution in [-0.4, -0.2) is 18.3 Å². The largest absolute Gasteiger partial charge is 0.396 e. The average Bonchev–Trinajstić information content (AvgIpc) is 2.46. The molecule has 2 N–H and O–H groups in total. The molecular weight excluding hydrogens is 260 g/mol. The summed E-state index contributed by atoms with van der Waals surface area (Å²) < 4.78 is 27.4. The van der Waals surface area contributed by atoms with E-state index in [1.54, 1.807) is 6.92 Å². The Balaban J connectivity index is 2.02. The van der Waals surface area contributed by atoms with E-state index in [0.29, 0.717) is 6.54 Å². The summed E-state index contributed by atoms with van der Waals surface area (Å²) in [4.78, 5) is 0. The van der Waals surface area contributed by atoms with E-state index >= 15 is 0 Å². The van der Waals surface area contributed by atoms with Gasteiger partial charge in [-0.05, 0) is 31.9 Å². The molecule has 0 aromatic heterocycles. The minimum absolute atomic E-state index is 0.0800. The van der Waals surface area contributed by atoms with E-state index in [4.69, 9.17) is 0 Å². The molecule has 0 spiro atoms. The maximum atomic E-state index is 13.7. The Morgan fingerprint density at radius 2 is 1.80 bits per heavy atom. The number of benzene rings is 1. The number of rotatable bonds is 5. The van der Waals surface area contributed by atoms with Crippen LogP contribution in [0.15, 0.2) is 18.2 Å². The van der Waals surface area contributed by atoms with Gasteiger partial charge in [0.15, 0.2) is 0 Å². The van der Waals surface area contributed by atoms with Crippen LogP contribution in [0.4, 0.5) is 8.78 Å². The van der Waals surface area contributed by atoms with Crippen LogP contribution in [0.2, 0.25) is 0 Å². The van der Waals surface area contributed by atoms with E-state index in [9.17, 15) is 13.9 Å². The maximum Gasteiger partial charge on any atom is 0.130 e. The molecule has 1 atom stereocenters. The Morgan fingerprint density at radius 3 is 2.35 bits per heavy atom. The molecule has 0 aliphatic heterocycles. The predicted octanol–water partition coefficient (Wildman–Crippen LogP) is 3.56. The first-order chi connectivity index (χ1) is 9.58. The monoisotopic (exact) mass is 283 g/mol. The molecule has 1 aliphatic rings. The fourth-order valence-electron chi connectivity index (χ4n) is 3.09. The van der Waals surface area contributed by atoms with Crippen LogP contribution in [0.5, 0.6) is 0 Å². The summed E-state index contributed by atoms with van der Waals surface area (Å²) >= 11 is 0. The number of hydrogen-bond acceptors (Lipinski definition) is 2. The summed E-state index contributed by atoms with van der Waals surface area (Å²) in [6.07, 6.45) is 5.39. The van der Waals surface area contributed by atoms with Crippen molar-refractivity contribution in [3.8, 4) is 0 Å². The highest BCUT2D eigenvalue weighted by atomic mass is 19.1. The third kappa shape index (κ3) is 3.36. The highest BCUT2D eigenvalue weighted by Gasteiger charge is 2.31. The van der Waals surface area contributed by atoms with E-state index < -0.39 is 17.7 Å². The topological polar surface area (TPSA) is 32.3 Å². The minimum atomic E-state index is -0.522. The van der Waals surface area contributed by atoms with Crippen LogP contribution in [0.1, 0.15) is 50.6 Å². The van der Waals surface area contributed by atoms with Gasteiger partial charge >= 0.3 is 0 Å². The molecule has 2 rings (SSSR count). The number of halogens is 2. The molecule has 112 valence electrons. The molecule has 1 fully saturated rings. The molecule has 0 amide bonds. The van der Waals surface area contributed by atoms with Gasteiger partial charge in [-0.15, -0.1) is 0 Å². The molecule has 20 heavy (non-hydrogen) atoms. The van der Waals surface area contributed by atoms with Gasteiger partial charge in [-0.1, -0.05) is 25.3 Å². The van der Waals surface area contributed by atoms with Crippen LogP contribution in [0.25, 0.3) is 0 Å². The Kier molecular flexibility index (Phi) is 5.11.